The zero-order chi connectivity index (χ0) is 13.1. The molecule has 0 aliphatic rings. The van der Waals surface area contributed by atoms with E-state index in [4.69, 9.17) is 10.8 Å². The summed E-state index contributed by atoms with van der Waals surface area (Å²) >= 11 is 0. The molecule has 100 valence electrons. The molecular weight excluding hydrogens is 220 g/mol. The zero-order valence-corrected chi connectivity index (χ0v) is 10.6. The van der Waals surface area contributed by atoms with Crippen molar-refractivity contribution >= 4 is 11.9 Å². The van der Waals surface area contributed by atoms with Crippen molar-refractivity contribution in [2.24, 2.45) is 5.73 Å². The maximum atomic E-state index is 11.5. The van der Waals surface area contributed by atoms with Crippen molar-refractivity contribution < 1.29 is 14.7 Å². The van der Waals surface area contributed by atoms with Gasteiger partial charge in [0.05, 0.1) is 0 Å². The molecule has 17 heavy (non-hydrogen) atoms. The molecule has 0 aliphatic heterocycles. The topological polar surface area (TPSA) is 92.4 Å². The lowest BCUT2D eigenvalue weighted by Gasteiger charge is -2.13. The van der Waals surface area contributed by atoms with Crippen LogP contribution in [0.1, 0.15) is 51.9 Å². The number of amides is 1. The molecule has 5 nitrogen and oxygen atoms in total. The summed E-state index contributed by atoms with van der Waals surface area (Å²) in [5, 5.41) is 11.5. The zero-order valence-electron chi connectivity index (χ0n) is 10.6. The fraction of sp³-hybridized carbons (Fsp3) is 0.833. The fourth-order valence-electron chi connectivity index (χ4n) is 1.54. The minimum Gasteiger partial charge on any atom is -0.480 e. The highest BCUT2D eigenvalue weighted by Gasteiger charge is 2.18. The van der Waals surface area contributed by atoms with Gasteiger partial charge in [-0.3, -0.25) is 4.79 Å². The lowest BCUT2D eigenvalue weighted by atomic mass is 10.1. The molecule has 1 atom stereocenters. The Hall–Kier alpha value is -1.10. The van der Waals surface area contributed by atoms with Crippen LogP contribution in [0.15, 0.2) is 0 Å². The van der Waals surface area contributed by atoms with Crippen LogP contribution in [-0.2, 0) is 9.59 Å². The summed E-state index contributed by atoms with van der Waals surface area (Å²) in [5.74, 6) is -1.13. The number of hydrogen-bond donors (Lipinski definition) is 3. The average Bonchev–Trinajstić information content (AvgIpc) is 2.29. The van der Waals surface area contributed by atoms with E-state index in [-0.39, 0.29) is 5.91 Å². The first-order valence-corrected chi connectivity index (χ1v) is 6.34. The third-order valence-corrected chi connectivity index (χ3v) is 2.59. The van der Waals surface area contributed by atoms with Gasteiger partial charge in [-0.1, -0.05) is 26.2 Å². The third kappa shape index (κ3) is 8.68. The van der Waals surface area contributed by atoms with Gasteiger partial charge in [0.1, 0.15) is 6.04 Å². The average molecular weight is 244 g/mol. The van der Waals surface area contributed by atoms with E-state index in [1.165, 1.54) is 0 Å². The van der Waals surface area contributed by atoms with Crippen LogP contribution in [0.4, 0.5) is 0 Å². The van der Waals surface area contributed by atoms with E-state index in [1.807, 2.05) is 6.92 Å². The summed E-state index contributed by atoms with van der Waals surface area (Å²) in [7, 11) is 0. The van der Waals surface area contributed by atoms with Gasteiger partial charge in [-0.05, 0) is 25.8 Å². The fourth-order valence-corrected chi connectivity index (χ4v) is 1.54. The highest BCUT2D eigenvalue weighted by Crippen LogP contribution is 2.03. The molecule has 0 aliphatic carbocycles. The molecule has 0 saturated heterocycles. The van der Waals surface area contributed by atoms with Crippen LogP contribution in [0.3, 0.4) is 0 Å². The predicted molar refractivity (Wildman–Crippen MR) is 66.6 cm³/mol. The quantitative estimate of drug-likeness (QED) is 0.504. The molecule has 1 amide bonds. The van der Waals surface area contributed by atoms with Crippen LogP contribution >= 0.6 is 0 Å². The summed E-state index contributed by atoms with van der Waals surface area (Å²) < 4.78 is 0. The number of aliphatic carboxylic acids is 1. The Kier molecular flexibility index (Phi) is 9.43. The van der Waals surface area contributed by atoms with Gasteiger partial charge in [-0.15, -0.1) is 0 Å². The first kappa shape index (κ1) is 15.9. The number of carboxylic acids is 1. The summed E-state index contributed by atoms with van der Waals surface area (Å²) in [4.78, 5) is 22.4. The maximum absolute atomic E-state index is 11.5. The number of carbonyl (C=O) groups excluding carboxylic acids is 1. The first-order valence-electron chi connectivity index (χ1n) is 6.34. The van der Waals surface area contributed by atoms with Crippen LogP contribution < -0.4 is 11.1 Å². The van der Waals surface area contributed by atoms with Crippen LogP contribution in [0.5, 0.6) is 0 Å². The monoisotopic (exact) mass is 244 g/mol. The van der Waals surface area contributed by atoms with E-state index in [2.05, 4.69) is 5.32 Å². The molecule has 0 rings (SSSR count). The van der Waals surface area contributed by atoms with Gasteiger partial charge >= 0.3 is 5.97 Å². The van der Waals surface area contributed by atoms with E-state index in [0.29, 0.717) is 19.4 Å². The molecule has 0 unspecified atom stereocenters. The number of rotatable bonds is 10. The molecule has 0 aromatic heterocycles. The third-order valence-electron chi connectivity index (χ3n) is 2.59. The Morgan fingerprint density at radius 3 is 2.47 bits per heavy atom. The molecule has 0 aromatic rings. The molecule has 0 heterocycles. The second-order valence-electron chi connectivity index (χ2n) is 4.20. The van der Waals surface area contributed by atoms with Crippen LogP contribution in [0.25, 0.3) is 0 Å². The molecule has 0 fully saturated rings. The van der Waals surface area contributed by atoms with E-state index < -0.39 is 12.0 Å². The molecule has 5 heteroatoms. The number of carboxylic acid groups (broad SMARTS) is 1. The standard InChI is InChI=1S/C12H24N2O3/c1-2-3-7-10(12(16)17)14-11(15)8-5-4-6-9-13/h10H,2-9,13H2,1H3,(H,14,15)(H,16,17)/t10-/m0/s1. The van der Waals surface area contributed by atoms with Gasteiger partial charge in [0.2, 0.25) is 5.91 Å². The van der Waals surface area contributed by atoms with Crippen molar-refractivity contribution in [3.63, 3.8) is 0 Å². The molecule has 0 bridgehead atoms. The SMILES string of the molecule is CCCC[C@H](NC(=O)CCCCCN)C(=O)O. The lowest BCUT2D eigenvalue weighted by Crippen LogP contribution is -2.40. The van der Waals surface area contributed by atoms with Crippen molar-refractivity contribution in [1.29, 1.82) is 0 Å². The van der Waals surface area contributed by atoms with Gasteiger partial charge < -0.3 is 16.2 Å². The van der Waals surface area contributed by atoms with Crippen molar-refractivity contribution in [2.45, 2.75) is 57.9 Å². The number of unbranched alkanes of at least 4 members (excludes halogenated alkanes) is 3. The Bertz CT molecular complexity index is 232. The molecule has 0 saturated carbocycles. The smallest absolute Gasteiger partial charge is 0.326 e. The van der Waals surface area contributed by atoms with E-state index in [9.17, 15) is 9.59 Å². The Balaban J connectivity index is 3.83. The second-order valence-corrected chi connectivity index (χ2v) is 4.20. The normalized spacial score (nSPS) is 12.1. The largest absolute Gasteiger partial charge is 0.480 e. The van der Waals surface area contributed by atoms with Crippen LogP contribution in [0, 0.1) is 0 Å². The maximum Gasteiger partial charge on any atom is 0.326 e. The number of carbonyl (C=O) groups is 2. The Morgan fingerprint density at radius 2 is 1.94 bits per heavy atom. The van der Waals surface area contributed by atoms with E-state index in [0.717, 1.165) is 32.1 Å². The van der Waals surface area contributed by atoms with Crippen molar-refractivity contribution in [3.8, 4) is 0 Å². The summed E-state index contributed by atoms with van der Waals surface area (Å²) in [6, 6.07) is -0.739. The minimum absolute atomic E-state index is 0.175. The van der Waals surface area contributed by atoms with Crippen LogP contribution in [0.2, 0.25) is 0 Å². The van der Waals surface area contributed by atoms with Gasteiger partial charge in [-0.25, -0.2) is 4.79 Å². The molecule has 4 N–H and O–H groups in total. The van der Waals surface area contributed by atoms with Crippen LogP contribution in [-0.4, -0.2) is 29.6 Å². The Labute approximate surface area is 103 Å². The number of hydrogen-bond acceptors (Lipinski definition) is 3. The number of nitrogens with one attached hydrogen (secondary N) is 1. The lowest BCUT2D eigenvalue weighted by molar-refractivity contribution is -0.142. The van der Waals surface area contributed by atoms with Gasteiger partial charge in [0.25, 0.3) is 0 Å². The molecule has 0 spiro atoms. The van der Waals surface area contributed by atoms with E-state index >= 15 is 0 Å². The highest BCUT2D eigenvalue weighted by atomic mass is 16.4. The van der Waals surface area contributed by atoms with Gasteiger partial charge in [0, 0.05) is 6.42 Å². The van der Waals surface area contributed by atoms with E-state index in [1.54, 1.807) is 0 Å². The molecule has 0 radical (unpaired) electrons. The first-order chi connectivity index (χ1) is 8.11. The van der Waals surface area contributed by atoms with Crippen molar-refractivity contribution in [2.75, 3.05) is 6.54 Å². The van der Waals surface area contributed by atoms with Gasteiger partial charge in [0.15, 0.2) is 0 Å². The van der Waals surface area contributed by atoms with Crippen molar-refractivity contribution in [1.82, 2.24) is 5.32 Å². The molecular formula is C12H24N2O3. The second kappa shape index (κ2) is 10.1. The summed E-state index contributed by atoms with van der Waals surface area (Å²) in [6.07, 6.45) is 5.21. The molecule has 0 aromatic carbocycles. The highest BCUT2D eigenvalue weighted by molar-refractivity contribution is 5.83. The summed E-state index contributed by atoms with van der Waals surface area (Å²) in [6.45, 7) is 2.63. The minimum atomic E-state index is -0.950. The number of nitrogens with two attached hydrogens (primary N) is 1. The Morgan fingerprint density at radius 1 is 1.24 bits per heavy atom. The van der Waals surface area contributed by atoms with Crippen molar-refractivity contribution in [3.05, 3.63) is 0 Å². The van der Waals surface area contributed by atoms with Gasteiger partial charge in [-0.2, -0.15) is 0 Å². The summed E-state index contributed by atoms with van der Waals surface area (Å²) in [5.41, 5.74) is 5.34. The predicted octanol–water partition coefficient (Wildman–Crippen LogP) is 1.27.